The summed E-state index contributed by atoms with van der Waals surface area (Å²) in [5, 5.41) is 64.5. The highest BCUT2D eigenvalue weighted by Crippen LogP contribution is 2.32. The van der Waals surface area contributed by atoms with E-state index in [2.05, 4.69) is 129 Å². The van der Waals surface area contributed by atoms with Crippen LogP contribution < -0.4 is 55.3 Å². The Morgan fingerprint density at radius 1 is 0.429 bits per heavy atom. The lowest BCUT2D eigenvalue weighted by molar-refractivity contribution is -0.135. The van der Waals surface area contributed by atoms with Gasteiger partial charge in [-0.1, -0.05) is 79.1 Å². The number of nitrogens with one attached hydrogen (secondary N) is 5. The molecule has 0 aliphatic rings. The fourth-order valence-corrected chi connectivity index (χ4v) is 10.9. The number of hydrogen-bond acceptors (Lipinski definition) is 30. The van der Waals surface area contributed by atoms with Gasteiger partial charge in [0.2, 0.25) is 29.7 Å². The van der Waals surface area contributed by atoms with Gasteiger partial charge in [-0.25, -0.2) is 34.3 Å². The minimum absolute atomic E-state index is 0.0231. The zero-order chi connectivity index (χ0) is 76.9. The number of aliphatic hydroxyl groups is 5. The number of nitrogens with zero attached hydrogens (tertiary/aromatic N) is 15. The largest absolute Gasteiger partial charge is 0.396 e. The first kappa shape index (κ1) is 83.9. The van der Waals surface area contributed by atoms with E-state index in [4.69, 9.17) is 33.8 Å². The van der Waals surface area contributed by atoms with Crippen LogP contribution in [0.3, 0.4) is 0 Å². The second kappa shape index (κ2) is 40.3. The first-order chi connectivity index (χ1) is 50.0. The lowest BCUT2D eigenvalue weighted by atomic mass is 9.89. The summed E-state index contributed by atoms with van der Waals surface area (Å²) in [6.07, 6.45) is 14.1. The number of halogens is 4. The molecule has 30 nitrogen and oxygen atoms in total. The molecule has 20 N–H and O–H groups in total. The second-order valence-corrected chi connectivity index (χ2v) is 26.3. The van der Waals surface area contributed by atoms with E-state index in [0.717, 1.165) is 88.8 Å². The zero-order valence-corrected chi connectivity index (χ0v) is 61.2. The van der Waals surface area contributed by atoms with Gasteiger partial charge in [-0.2, -0.15) is 38.1 Å². The van der Waals surface area contributed by atoms with Crippen molar-refractivity contribution < 1.29 is 43.1 Å². The number of unbranched alkanes of at least 4 members (excludes halogenated alkanes) is 4. The number of hydrogen-bond donors (Lipinski definition) is 15. The van der Waals surface area contributed by atoms with E-state index in [1.54, 1.807) is 50.8 Å². The molecule has 570 valence electrons. The van der Waals surface area contributed by atoms with Crippen LogP contribution in [0.25, 0.3) is 55.2 Å². The van der Waals surface area contributed by atoms with Crippen molar-refractivity contribution in [1.82, 2.24) is 74.8 Å². The van der Waals surface area contributed by atoms with Gasteiger partial charge in [0.15, 0.2) is 29.1 Å². The van der Waals surface area contributed by atoms with Gasteiger partial charge >= 0.3 is 6.18 Å². The molecule has 0 amide bonds. The smallest absolute Gasteiger partial charge is 0.389 e. The van der Waals surface area contributed by atoms with Crippen molar-refractivity contribution in [2.75, 3.05) is 75.1 Å². The van der Waals surface area contributed by atoms with Crippen LogP contribution in [-0.2, 0) is 0 Å². The van der Waals surface area contributed by atoms with Gasteiger partial charge in [0.1, 0.15) is 33.4 Å². The highest BCUT2D eigenvalue weighted by atomic mass is 19.4. The van der Waals surface area contributed by atoms with E-state index in [0.29, 0.717) is 85.2 Å². The summed E-state index contributed by atoms with van der Waals surface area (Å²) in [6.45, 7) is 17.7. The molecule has 0 fully saturated rings. The Morgan fingerprint density at radius 2 is 0.781 bits per heavy atom. The normalized spacial score (nSPS) is 14.2. The van der Waals surface area contributed by atoms with E-state index >= 15 is 0 Å². The molecule has 0 aliphatic heterocycles. The van der Waals surface area contributed by atoms with Crippen molar-refractivity contribution in [1.29, 1.82) is 0 Å². The van der Waals surface area contributed by atoms with Crippen LogP contribution in [0, 0.1) is 5.82 Å². The summed E-state index contributed by atoms with van der Waals surface area (Å²) < 4.78 is 49.8. The molecule has 0 radical (unpaired) electrons. The molecule has 34 heteroatoms. The minimum Gasteiger partial charge on any atom is -0.396 e. The Morgan fingerprint density at radius 3 is 1.15 bits per heavy atom. The number of pyridine rings is 5. The van der Waals surface area contributed by atoms with E-state index in [1.807, 2.05) is 57.2 Å². The third-order valence-corrected chi connectivity index (χ3v) is 17.3. The molecule has 7 atom stereocenters. The van der Waals surface area contributed by atoms with Gasteiger partial charge in [-0.05, 0) is 128 Å². The number of rotatable bonds is 31. The van der Waals surface area contributed by atoms with Crippen molar-refractivity contribution >= 4 is 114 Å². The average Bonchev–Trinajstić information content (AvgIpc) is 0.816. The Bertz CT molecular complexity index is 4210. The molecule has 10 heterocycles. The summed E-state index contributed by atoms with van der Waals surface area (Å²) in [5.74, 6) is 2.68. The van der Waals surface area contributed by atoms with Crippen LogP contribution >= 0.6 is 0 Å². The maximum Gasteiger partial charge on any atom is 0.389 e. The van der Waals surface area contributed by atoms with Gasteiger partial charge < -0.3 is 80.8 Å². The van der Waals surface area contributed by atoms with Crippen molar-refractivity contribution in [2.45, 2.75) is 212 Å². The van der Waals surface area contributed by atoms with Crippen LogP contribution in [0.1, 0.15) is 165 Å². The molecule has 10 aromatic rings. The molecule has 2 unspecified atom stereocenters. The first-order valence-corrected chi connectivity index (χ1v) is 35.3. The average molecular weight is 1460 g/mol. The van der Waals surface area contributed by atoms with Gasteiger partial charge in [-0.15, -0.1) is 0 Å². The predicted octanol–water partition coefficient (Wildman–Crippen LogP) is 10.9. The highest BCUT2D eigenvalue weighted by molar-refractivity contribution is 5.89. The third kappa shape index (κ3) is 25.7. The molecule has 0 bridgehead atoms. The van der Waals surface area contributed by atoms with Gasteiger partial charge in [0.05, 0.1) is 81.9 Å². The Labute approximate surface area is 608 Å². The predicted molar refractivity (Wildman–Crippen MR) is 407 cm³/mol. The quantitative estimate of drug-likeness (QED) is 0.0179. The fraction of sp³-hybridized carbons (Fsp3) is 0.507. The minimum atomic E-state index is -4.20. The van der Waals surface area contributed by atoms with Gasteiger partial charge in [-0.3, -0.25) is 19.9 Å². The first-order valence-electron chi connectivity index (χ1n) is 35.3. The number of alkyl halides is 3. The third-order valence-electron chi connectivity index (χ3n) is 17.3. The number of anilines is 10. The molecule has 10 rings (SSSR count). The topological polar surface area (TPSA) is 485 Å². The number of aromatic nitrogens is 15. The lowest BCUT2D eigenvalue weighted by Gasteiger charge is -2.34. The van der Waals surface area contributed by atoms with Crippen molar-refractivity contribution in [2.24, 2.45) is 0 Å². The molecular weight excluding hydrogens is 1360 g/mol. The molecule has 0 spiro atoms. The van der Waals surface area contributed by atoms with Crippen molar-refractivity contribution in [3.8, 4) is 0 Å². The number of nitrogen functional groups attached to an aromatic ring is 5. The van der Waals surface area contributed by atoms with Crippen molar-refractivity contribution in [3.63, 3.8) is 0 Å². The summed E-state index contributed by atoms with van der Waals surface area (Å²) in [5.41, 5.74) is 32.9. The number of nitrogens with two attached hydrogens (primary N) is 5. The summed E-state index contributed by atoms with van der Waals surface area (Å²) in [4.78, 5) is 62.5. The van der Waals surface area contributed by atoms with Crippen LogP contribution in [0.5, 0.6) is 0 Å². The summed E-state index contributed by atoms with van der Waals surface area (Å²) >= 11 is 0. The lowest BCUT2D eigenvalue weighted by Crippen LogP contribution is -2.45. The van der Waals surface area contributed by atoms with Crippen LogP contribution in [0.15, 0.2) is 85.6 Å². The van der Waals surface area contributed by atoms with Gasteiger partial charge in [0.25, 0.3) is 0 Å². The fourth-order valence-electron chi connectivity index (χ4n) is 10.9. The van der Waals surface area contributed by atoms with Crippen LogP contribution in [0.2, 0.25) is 0 Å². The SMILES string of the molecule is CCCC[C@@](C)(CO)Nc1nc(N)nc2cc(F)cnc12.CCCC[C@@](C)(Nc1nc(N)nc2cccnc12)C(C)O.CCCC[C@@](C)(Nc1nc(N)nc2cccnc12)C(C)O.CCCC[C@H](CCO)Nc1nc(N)nc2cccnc12.Nc1nc(N[C@@H](CO)CCCC(F)(F)F)c2ncccc2n1. The number of fused-ring (bicyclic) bond motifs is 5. The summed E-state index contributed by atoms with van der Waals surface area (Å²) in [6, 6.07) is 15.2. The highest BCUT2D eigenvalue weighted by Gasteiger charge is 2.33. The molecule has 0 saturated heterocycles. The van der Waals surface area contributed by atoms with Crippen LogP contribution in [-0.4, -0.2) is 167 Å². The molecule has 0 saturated carbocycles. The standard InChI is InChI=1S/2C15H23N5O.C14H20FN5O.C14H21N5O.C13H16F3N5O/c2*1-4-5-8-15(3,10(2)21)20-13-12-11(7-6-9-17-12)18-14(16)19-13;1-3-4-5-14(2,8-21)20-12-11-10(18-13(16)19-12)6-9(15)7-17-11;1-2-3-5-10(7-9-20)17-13-12-11(6-4-8-16-12)18-14(15)19-13;14-13(15,16)5-1-3-8(7-22)19-11-10-9(4-2-6-18-10)20-12(17)21-11/h2*6-7,9-10,21H,4-5,8H2,1-3H3,(H3,16,18,19,20);6-7,21H,3-5,8H2,1-2H3,(H3,16,18,19,20);4,6,8,10,20H,2-3,5,7,9H2,1H3,(H3,15,17,18,19);2,4,6,8,22H,1,3,5,7H2,(H3,17,19,20,21)/t2*10?,15-;14-;10-;8-/m11011/s1. The van der Waals surface area contributed by atoms with E-state index < -0.39 is 53.3 Å². The van der Waals surface area contributed by atoms with Crippen molar-refractivity contribution in [3.05, 3.63) is 91.4 Å². The molecule has 0 aromatic carbocycles. The number of aliphatic hydroxyl groups excluding tert-OH is 5. The van der Waals surface area contributed by atoms with E-state index in [-0.39, 0.29) is 68.4 Å². The van der Waals surface area contributed by atoms with E-state index in [9.17, 15) is 38.0 Å². The van der Waals surface area contributed by atoms with E-state index in [1.165, 1.54) is 6.07 Å². The maximum absolute atomic E-state index is 13.2. The maximum atomic E-state index is 13.2. The monoisotopic (exact) mass is 1460 g/mol. The Kier molecular flexibility index (Phi) is 32.2. The molecule has 10 aromatic heterocycles. The zero-order valence-electron chi connectivity index (χ0n) is 61.2. The Hall–Kier alpha value is -10.0. The van der Waals surface area contributed by atoms with Crippen LogP contribution in [0.4, 0.5) is 76.4 Å². The summed E-state index contributed by atoms with van der Waals surface area (Å²) in [7, 11) is 0. The molecule has 105 heavy (non-hydrogen) atoms. The Balaban J connectivity index is 0.000000206. The second-order valence-electron chi connectivity index (χ2n) is 26.3. The molecular formula is C71H103F4N25O5. The van der Waals surface area contributed by atoms with Gasteiger partial charge in [0, 0.05) is 49.9 Å². The molecule has 0 aliphatic carbocycles.